The van der Waals surface area contributed by atoms with E-state index in [0.717, 1.165) is 22.8 Å². The van der Waals surface area contributed by atoms with E-state index in [2.05, 4.69) is 15.3 Å². The molecule has 5 nitrogen and oxygen atoms in total. The Bertz CT molecular complexity index is 575. The van der Waals surface area contributed by atoms with Crippen molar-refractivity contribution >= 4 is 11.7 Å². The highest BCUT2D eigenvalue weighted by Crippen LogP contribution is 2.17. The maximum atomic E-state index is 10.9. The van der Waals surface area contributed by atoms with Crippen LogP contribution in [-0.2, 0) is 6.54 Å². The Kier molecular flexibility index (Phi) is 3.32. The molecular weight excluding hydrogens is 230 g/mol. The lowest BCUT2D eigenvalue weighted by Gasteiger charge is -2.09. The van der Waals surface area contributed by atoms with Gasteiger partial charge in [-0.2, -0.15) is 0 Å². The van der Waals surface area contributed by atoms with Crippen LogP contribution >= 0.6 is 0 Å². The number of aromatic carboxylic acids is 1. The summed E-state index contributed by atoms with van der Waals surface area (Å²) in [6.07, 6.45) is 1.76. The van der Waals surface area contributed by atoms with Crippen LogP contribution in [0, 0.1) is 13.8 Å². The normalized spacial score (nSPS) is 10.3. The van der Waals surface area contributed by atoms with E-state index in [0.29, 0.717) is 6.54 Å². The molecule has 0 radical (unpaired) electrons. The van der Waals surface area contributed by atoms with Crippen LogP contribution in [0.3, 0.4) is 0 Å². The number of hydrogen-bond acceptors (Lipinski definition) is 3. The molecule has 0 amide bonds. The first-order valence-corrected chi connectivity index (χ1v) is 5.64. The number of aromatic nitrogens is 2. The number of anilines is 1. The van der Waals surface area contributed by atoms with Crippen molar-refractivity contribution in [3.63, 3.8) is 0 Å². The number of H-pyrrole nitrogens is 1. The van der Waals surface area contributed by atoms with Crippen molar-refractivity contribution in [2.75, 3.05) is 5.32 Å². The van der Waals surface area contributed by atoms with Crippen LogP contribution in [-0.4, -0.2) is 21.0 Å². The minimum Gasteiger partial charge on any atom is -0.478 e. The zero-order chi connectivity index (χ0) is 13.1. The van der Waals surface area contributed by atoms with Crippen molar-refractivity contribution in [1.29, 1.82) is 0 Å². The molecule has 18 heavy (non-hydrogen) atoms. The van der Waals surface area contributed by atoms with E-state index >= 15 is 0 Å². The van der Waals surface area contributed by atoms with Crippen LogP contribution in [0.4, 0.5) is 5.69 Å². The highest BCUT2D eigenvalue weighted by atomic mass is 16.4. The molecule has 0 saturated carbocycles. The summed E-state index contributed by atoms with van der Waals surface area (Å²) in [7, 11) is 0. The third-order valence-electron chi connectivity index (χ3n) is 2.71. The summed E-state index contributed by atoms with van der Waals surface area (Å²) in [6, 6.07) is 5.04. The third kappa shape index (κ3) is 2.68. The van der Waals surface area contributed by atoms with Gasteiger partial charge in [-0.05, 0) is 31.5 Å². The predicted molar refractivity (Wildman–Crippen MR) is 68.8 cm³/mol. The number of aryl methyl sites for hydroxylation is 2. The van der Waals surface area contributed by atoms with Crippen molar-refractivity contribution in [1.82, 2.24) is 9.97 Å². The van der Waals surface area contributed by atoms with E-state index in [1.54, 1.807) is 24.4 Å². The van der Waals surface area contributed by atoms with E-state index in [1.165, 1.54) is 0 Å². The standard InChI is InChI=1S/C13H15N3O2/c1-8-3-4-10(13(17)18)5-12(8)15-7-11-6-14-9(2)16-11/h3-6,15H,7H2,1-2H3,(H,14,16)(H,17,18). The number of imidazole rings is 1. The van der Waals surface area contributed by atoms with Gasteiger partial charge in [0.1, 0.15) is 5.82 Å². The fraction of sp³-hybridized carbons (Fsp3) is 0.231. The van der Waals surface area contributed by atoms with E-state index in [-0.39, 0.29) is 5.56 Å². The summed E-state index contributed by atoms with van der Waals surface area (Å²) < 4.78 is 0. The van der Waals surface area contributed by atoms with Gasteiger partial charge in [-0.25, -0.2) is 9.78 Å². The van der Waals surface area contributed by atoms with Gasteiger partial charge >= 0.3 is 5.97 Å². The lowest BCUT2D eigenvalue weighted by Crippen LogP contribution is -2.04. The van der Waals surface area contributed by atoms with Crippen molar-refractivity contribution in [2.24, 2.45) is 0 Å². The van der Waals surface area contributed by atoms with Gasteiger partial charge in [-0.15, -0.1) is 0 Å². The van der Waals surface area contributed by atoms with E-state index < -0.39 is 5.97 Å². The number of hydrogen-bond donors (Lipinski definition) is 3. The van der Waals surface area contributed by atoms with Crippen LogP contribution in [0.5, 0.6) is 0 Å². The minimum absolute atomic E-state index is 0.281. The molecule has 0 unspecified atom stereocenters. The Morgan fingerprint density at radius 2 is 2.22 bits per heavy atom. The fourth-order valence-electron chi connectivity index (χ4n) is 1.70. The average Bonchev–Trinajstić information content (AvgIpc) is 2.74. The average molecular weight is 245 g/mol. The summed E-state index contributed by atoms with van der Waals surface area (Å²) in [5, 5.41) is 12.1. The van der Waals surface area contributed by atoms with E-state index in [1.807, 2.05) is 13.8 Å². The molecule has 2 aromatic rings. The molecule has 0 saturated heterocycles. The highest BCUT2D eigenvalue weighted by Gasteiger charge is 2.06. The molecule has 0 aliphatic carbocycles. The van der Waals surface area contributed by atoms with Crippen LogP contribution < -0.4 is 5.32 Å². The quantitative estimate of drug-likeness (QED) is 0.772. The Labute approximate surface area is 105 Å². The number of carbonyl (C=O) groups is 1. The van der Waals surface area contributed by atoms with Gasteiger partial charge in [-0.3, -0.25) is 0 Å². The SMILES string of the molecule is Cc1ncc(CNc2cc(C(=O)O)ccc2C)[nH]1. The monoisotopic (exact) mass is 245 g/mol. The first kappa shape index (κ1) is 12.2. The molecular formula is C13H15N3O2. The lowest BCUT2D eigenvalue weighted by molar-refractivity contribution is 0.0697. The molecule has 1 aromatic carbocycles. The van der Waals surface area contributed by atoms with Gasteiger partial charge in [0.25, 0.3) is 0 Å². The number of nitrogens with zero attached hydrogens (tertiary/aromatic N) is 1. The summed E-state index contributed by atoms with van der Waals surface area (Å²) in [6.45, 7) is 4.41. The zero-order valence-electron chi connectivity index (χ0n) is 10.3. The van der Waals surface area contributed by atoms with Gasteiger partial charge in [0.2, 0.25) is 0 Å². The number of benzene rings is 1. The molecule has 0 aliphatic rings. The molecule has 1 aromatic heterocycles. The van der Waals surface area contributed by atoms with Gasteiger partial charge in [0.05, 0.1) is 24.0 Å². The Morgan fingerprint density at radius 1 is 1.44 bits per heavy atom. The van der Waals surface area contributed by atoms with Crippen molar-refractivity contribution in [3.05, 3.63) is 47.0 Å². The van der Waals surface area contributed by atoms with Gasteiger partial charge < -0.3 is 15.4 Å². The van der Waals surface area contributed by atoms with Crippen LogP contribution in [0.2, 0.25) is 0 Å². The number of aromatic amines is 1. The molecule has 0 aliphatic heterocycles. The smallest absolute Gasteiger partial charge is 0.335 e. The van der Waals surface area contributed by atoms with Gasteiger partial charge in [0, 0.05) is 5.69 Å². The fourth-order valence-corrected chi connectivity index (χ4v) is 1.70. The molecule has 0 bridgehead atoms. The highest BCUT2D eigenvalue weighted by molar-refractivity contribution is 5.89. The molecule has 94 valence electrons. The molecule has 1 heterocycles. The number of carboxylic acids is 1. The molecule has 2 rings (SSSR count). The second kappa shape index (κ2) is 4.91. The summed E-state index contributed by atoms with van der Waals surface area (Å²) in [4.78, 5) is 18.1. The number of rotatable bonds is 4. The predicted octanol–water partition coefficient (Wildman–Crippen LogP) is 2.34. The molecule has 0 atom stereocenters. The van der Waals surface area contributed by atoms with Crippen LogP contribution in [0.15, 0.2) is 24.4 Å². The molecule has 0 spiro atoms. The van der Waals surface area contributed by atoms with Crippen molar-refractivity contribution in [2.45, 2.75) is 20.4 Å². The van der Waals surface area contributed by atoms with E-state index in [4.69, 9.17) is 5.11 Å². The minimum atomic E-state index is -0.921. The second-order valence-corrected chi connectivity index (χ2v) is 4.18. The first-order chi connectivity index (χ1) is 8.56. The Morgan fingerprint density at radius 3 is 2.83 bits per heavy atom. The second-order valence-electron chi connectivity index (χ2n) is 4.18. The van der Waals surface area contributed by atoms with Crippen molar-refractivity contribution in [3.8, 4) is 0 Å². The number of carboxylic acid groups (broad SMARTS) is 1. The third-order valence-corrected chi connectivity index (χ3v) is 2.71. The van der Waals surface area contributed by atoms with Crippen LogP contribution in [0.1, 0.15) is 27.4 Å². The van der Waals surface area contributed by atoms with E-state index in [9.17, 15) is 4.79 Å². The lowest BCUT2D eigenvalue weighted by atomic mass is 10.1. The summed E-state index contributed by atoms with van der Waals surface area (Å²) in [5.74, 6) is -0.0572. The Balaban J connectivity index is 2.13. The topological polar surface area (TPSA) is 78.0 Å². The summed E-state index contributed by atoms with van der Waals surface area (Å²) in [5.41, 5.74) is 3.08. The first-order valence-electron chi connectivity index (χ1n) is 5.64. The summed E-state index contributed by atoms with van der Waals surface area (Å²) >= 11 is 0. The maximum absolute atomic E-state index is 10.9. The maximum Gasteiger partial charge on any atom is 0.335 e. The molecule has 3 N–H and O–H groups in total. The largest absolute Gasteiger partial charge is 0.478 e. The Hall–Kier alpha value is -2.30. The van der Waals surface area contributed by atoms with Gasteiger partial charge in [-0.1, -0.05) is 6.07 Å². The van der Waals surface area contributed by atoms with Crippen LogP contribution in [0.25, 0.3) is 0 Å². The number of nitrogens with one attached hydrogen (secondary N) is 2. The zero-order valence-corrected chi connectivity index (χ0v) is 10.3. The van der Waals surface area contributed by atoms with Crippen molar-refractivity contribution < 1.29 is 9.90 Å². The molecule has 5 heteroatoms. The van der Waals surface area contributed by atoms with Gasteiger partial charge in [0.15, 0.2) is 0 Å². The molecule has 0 fully saturated rings.